The van der Waals surface area contributed by atoms with Crippen LogP contribution in [0.5, 0.6) is 0 Å². The molecule has 1 aliphatic carbocycles. The van der Waals surface area contributed by atoms with Crippen molar-refractivity contribution in [2.75, 3.05) is 0 Å². The second-order valence-corrected chi connectivity index (χ2v) is 2.69. The Kier molecular flexibility index (Phi) is 4.79. The Morgan fingerprint density at radius 3 is 1.33 bits per heavy atom. The average Bonchev–Trinajstić information content (AvgIpc) is 2.12. The first-order valence-corrected chi connectivity index (χ1v) is 4.34. The molecule has 0 spiro atoms. The van der Waals surface area contributed by atoms with Gasteiger partial charge in [0, 0.05) is 0 Å². The molecule has 0 aliphatic heterocycles. The van der Waals surface area contributed by atoms with Crippen molar-refractivity contribution in [3.8, 4) is 0 Å². The fourth-order valence-corrected chi connectivity index (χ4v) is 0.969. The normalized spacial score (nSPS) is 17.5. The van der Waals surface area contributed by atoms with Gasteiger partial charge in [-0.1, -0.05) is 13.8 Å². The average molecular weight is 174 g/mol. The summed E-state index contributed by atoms with van der Waals surface area (Å²) in [6.07, 6.45) is 1.32. The van der Waals surface area contributed by atoms with Crippen LogP contribution >= 0.6 is 0 Å². The molecule has 0 nitrogen and oxygen atoms in total. The van der Waals surface area contributed by atoms with E-state index >= 15 is 0 Å². The van der Waals surface area contributed by atoms with Crippen molar-refractivity contribution >= 4 is 0 Å². The third kappa shape index (κ3) is 2.43. The zero-order chi connectivity index (χ0) is 9.72. The summed E-state index contributed by atoms with van der Waals surface area (Å²) in [6, 6.07) is 0. The summed E-state index contributed by atoms with van der Waals surface area (Å²) in [7, 11) is 0. The highest BCUT2D eigenvalue weighted by Crippen LogP contribution is 2.31. The van der Waals surface area contributed by atoms with E-state index in [0.717, 1.165) is 0 Å². The highest BCUT2D eigenvalue weighted by molar-refractivity contribution is 5.32. The largest absolute Gasteiger partial charge is 0.204 e. The zero-order valence-corrected chi connectivity index (χ0v) is 8.17. The molecule has 1 aliphatic rings. The van der Waals surface area contributed by atoms with Gasteiger partial charge >= 0.3 is 0 Å². The third-order valence-corrected chi connectivity index (χ3v) is 1.82. The van der Waals surface area contributed by atoms with Gasteiger partial charge in [0.2, 0.25) is 0 Å². The summed E-state index contributed by atoms with van der Waals surface area (Å²) in [5.74, 6) is -1.30. The molecule has 0 fully saturated rings. The van der Waals surface area contributed by atoms with Crippen molar-refractivity contribution in [1.29, 1.82) is 0 Å². The molecule has 0 saturated heterocycles. The summed E-state index contributed by atoms with van der Waals surface area (Å²) in [5, 5.41) is 0. The number of halogens is 2. The first-order chi connectivity index (χ1) is 5.63. The van der Waals surface area contributed by atoms with E-state index in [2.05, 4.69) is 0 Å². The molecular formula is C10H16F2. The molecule has 0 aromatic rings. The summed E-state index contributed by atoms with van der Waals surface area (Å²) in [5.41, 5.74) is 1.06. The van der Waals surface area contributed by atoms with Gasteiger partial charge < -0.3 is 0 Å². The lowest BCUT2D eigenvalue weighted by molar-refractivity contribution is 0.510. The van der Waals surface area contributed by atoms with Gasteiger partial charge in [0.25, 0.3) is 0 Å². The Bertz CT molecular complexity index is 188. The molecule has 0 unspecified atom stereocenters. The van der Waals surface area contributed by atoms with Crippen LogP contribution in [0.1, 0.15) is 40.5 Å². The van der Waals surface area contributed by atoms with Crippen LogP contribution in [-0.2, 0) is 0 Å². The topological polar surface area (TPSA) is 0 Å². The van der Waals surface area contributed by atoms with Gasteiger partial charge in [0.05, 0.1) is 0 Å². The van der Waals surface area contributed by atoms with Gasteiger partial charge in [-0.25, -0.2) is 8.78 Å². The predicted molar refractivity (Wildman–Crippen MR) is 48.2 cm³/mol. The first-order valence-electron chi connectivity index (χ1n) is 4.34. The van der Waals surface area contributed by atoms with Crippen molar-refractivity contribution in [2.45, 2.75) is 40.5 Å². The van der Waals surface area contributed by atoms with E-state index in [9.17, 15) is 8.78 Å². The molecule has 0 atom stereocenters. The second-order valence-electron chi connectivity index (χ2n) is 2.69. The summed E-state index contributed by atoms with van der Waals surface area (Å²) < 4.78 is 25.3. The highest BCUT2D eigenvalue weighted by atomic mass is 19.2. The number of rotatable bonds is 0. The van der Waals surface area contributed by atoms with Gasteiger partial charge in [-0.2, -0.15) is 0 Å². The number of allylic oxidation sites excluding steroid dienone is 4. The molecule has 0 radical (unpaired) electrons. The molecule has 0 amide bonds. The molecule has 1 rings (SSSR count). The maximum atomic E-state index is 12.7. The van der Waals surface area contributed by atoms with Crippen molar-refractivity contribution in [2.24, 2.45) is 0 Å². The first kappa shape index (κ1) is 11.3. The zero-order valence-electron chi connectivity index (χ0n) is 8.17. The Morgan fingerprint density at radius 2 is 1.08 bits per heavy atom. The van der Waals surface area contributed by atoms with E-state index in [4.69, 9.17) is 0 Å². The van der Waals surface area contributed by atoms with Crippen molar-refractivity contribution in [1.82, 2.24) is 0 Å². The standard InChI is InChI=1S/C8H10F2.C2H6/c1-5-3-4-6(2)8(10)7(5)9;1-2/h3-4H2,1-2H3;1-2H3. The van der Waals surface area contributed by atoms with E-state index < -0.39 is 11.7 Å². The van der Waals surface area contributed by atoms with Crippen molar-refractivity contribution in [3.63, 3.8) is 0 Å². The van der Waals surface area contributed by atoms with Gasteiger partial charge in [-0.15, -0.1) is 0 Å². The Labute approximate surface area is 73.0 Å². The molecule has 0 saturated carbocycles. The van der Waals surface area contributed by atoms with E-state index in [1.54, 1.807) is 13.8 Å². The fraction of sp³-hybridized carbons (Fsp3) is 0.600. The van der Waals surface area contributed by atoms with Crippen molar-refractivity contribution in [3.05, 3.63) is 22.8 Å². The molecule has 2 heteroatoms. The number of hydrogen-bond acceptors (Lipinski definition) is 0. The second kappa shape index (κ2) is 5.07. The van der Waals surface area contributed by atoms with Crippen molar-refractivity contribution < 1.29 is 8.78 Å². The van der Waals surface area contributed by atoms with Gasteiger partial charge in [-0.3, -0.25) is 0 Å². The van der Waals surface area contributed by atoms with E-state index in [0.29, 0.717) is 24.0 Å². The van der Waals surface area contributed by atoms with Crippen LogP contribution in [0, 0.1) is 0 Å². The molecule has 0 heterocycles. The molecule has 70 valence electrons. The van der Waals surface area contributed by atoms with E-state index in [-0.39, 0.29) is 0 Å². The van der Waals surface area contributed by atoms with Crippen LogP contribution in [0.4, 0.5) is 8.78 Å². The maximum Gasteiger partial charge on any atom is 0.157 e. The maximum absolute atomic E-state index is 12.7. The van der Waals surface area contributed by atoms with E-state index in [1.165, 1.54) is 0 Å². The fourth-order valence-electron chi connectivity index (χ4n) is 0.969. The molecular weight excluding hydrogens is 158 g/mol. The molecule has 0 bridgehead atoms. The number of hydrogen-bond donors (Lipinski definition) is 0. The molecule has 0 aromatic heterocycles. The molecule has 0 aromatic carbocycles. The lowest BCUT2D eigenvalue weighted by Crippen LogP contribution is -1.95. The van der Waals surface area contributed by atoms with Crippen LogP contribution in [0.2, 0.25) is 0 Å². The monoisotopic (exact) mass is 174 g/mol. The van der Waals surface area contributed by atoms with Crippen LogP contribution in [-0.4, -0.2) is 0 Å². The van der Waals surface area contributed by atoms with Crippen LogP contribution < -0.4 is 0 Å². The smallest absolute Gasteiger partial charge is 0.157 e. The summed E-state index contributed by atoms with van der Waals surface area (Å²) in [4.78, 5) is 0. The van der Waals surface area contributed by atoms with Crippen LogP contribution in [0.15, 0.2) is 22.8 Å². The quantitative estimate of drug-likeness (QED) is 0.513. The van der Waals surface area contributed by atoms with Crippen LogP contribution in [0.25, 0.3) is 0 Å². The van der Waals surface area contributed by atoms with Gasteiger partial charge in [-0.05, 0) is 37.8 Å². The highest BCUT2D eigenvalue weighted by Gasteiger charge is 2.16. The lowest BCUT2D eigenvalue weighted by Gasteiger charge is -2.11. The summed E-state index contributed by atoms with van der Waals surface area (Å²) >= 11 is 0. The third-order valence-electron chi connectivity index (χ3n) is 1.82. The van der Waals surface area contributed by atoms with Crippen LogP contribution in [0.3, 0.4) is 0 Å². The lowest BCUT2D eigenvalue weighted by atomic mass is 9.99. The minimum Gasteiger partial charge on any atom is -0.204 e. The molecule has 0 N–H and O–H groups in total. The Morgan fingerprint density at radius 1 is 0.833 bits per heavy atom. The van der Waals surface area contributed by atoms with Gasteiger partial charge in [0.15, 0.2) is 11.7 Å². The van der Waals surface area contributed by atoms with Gasteiger partial charge in [0.1, 0.15) is 0 Å². The Balaban J connectivity index is 0.000000561. The van der Waals surface area contributed by atoms with E-state index in [1.807, 2.05) is 13.8 Å². The Hall–Kier alpha value is -0.660. The predicted octanol–water partition coefficient (Wildman–Crippen LogP) is 4.29. The minimum absolute atomic E-state index is 0.531. The molecule has 12 heavy (non-hydrogen) atoms. The summed E-state index contributed by atoms with van der Waals surface area (Å²) in [6.45, 7) is 7.25. The SMILES string of the molecule is CC.CC1=C(F)C(F)=C(C)CC1. The minimum atomic E-state index is -0.649.